The van der Waals surface area contributed by atoms with Crippen LogP contribution in [0.2, 0.25) is 0 Å². The van der Waals surface area contributed by atoms with Gasteiger partial charge in [-0.2, -0.15) is 5.10 Å². The Kier molecular flexibility index (Phi) is 6.06. The Morgan fingerprint density at radius 2 is 2.07 bits per heavy atom. The molecule has 3 rings (SSSR count). The lowest BCUT2D eigenvalue weighted by molar-refractivity contribution is 0.0914. The van der Waals surface area contributed by atoms with E-state index in [9.17, 15) is 4.79 Å². The number of nitrogens with one attached hydrogen (secondary N) is 1. The number of hydrogen-bond donors (Lipinski definition) is 1. The van der Waals surface area contributed by atoms with Crippen molar-refractivity contribution in [2.45, 2.75) is 59.0 Å². The van der Waals surface area contributed by atoms with E-state index in [0.717, 1.165) is 24.7 Å². The summed E-state index contributed by atoms with van der Waals surface area (Å²) in [6, 6.07) is 4.53. The number of likely N-dealkylation sites (tertiary alicyclic amines) is 1. The van der Waals surface area contributed by atoms with Crippen molar-refractivity contribution in [1.82, 2.24) is 20.0 Å². The number of rotatable bonds is 5. The highest BCUT2D eigenvalue weighted by Crippen LogP contribution is 2.29. The average Bonchev–Trinajstić information content (AvgIpc) is 3.25. The summed E-state index contributed by atoms with van der Waals surface area (Å²) >= 11 is 1.77. The zero-order valence-electron chi connectivity index (χ0n) is 17.2. The van der Waals surface area contributed by atoms with Gasteiger partial charge < -0.3 is 5.32 Å². The number of thiophene rings is 1. The minimum absolute atomic E-state index is 0.0325. The van der Waals surface area contributed by atoms with E-state index in [2.05, 4.69) is 60.5 Å². The number of nitrogens with zero attached hydrogens (tertiary/aromatic N) is 3. The minimum atomic E-state index is -0.132. The van der Waals surface area contributed by atoms with Crippen LogP contribution in [-0.4, -0.2) is 40.2 Å². The lowest BCUT2D eigenvalue weighted by atomic mass is 9.97. The molecule has 1 unspecified atom stereocenters. The fourth-order valence-corrected chi connectivity index (χ4v) is 4.69. The van der Waals surface area contributed by atoms with Crippen molar-refractivity contribution in [2.24, 2.45) is 5.92 Å². The third-order valence-electron chi connectivity index (χ3n) is 5.48. The molecule has 3 heterocycles. The normalized spacial score (nSPS) is 17.8. The predicted molar refractivity (Wildman–Crippen MR) is 111 cm³/mol. The second-order valence-electron chi connectivity index (χ2n) is 8.69. The molecule has 0 saturated carbocycles. The molecule has 1 amide bonds. The van der Waals surface area contributed by atoms with Gasteiger partial charge in [-0.3, -0.25) is 14.4 Å². The first-order valence-electron chi connectivity index (χ1n) is 9.88. The van der Waals surface area contributed by atoms with Gasteiger partial charge in [-0.1, -0.05) is 13.0 Å². The third kappa shape index (κ3) is 4.61. The Morgan fingerprint density at radius 1 is 1.37 bits per heavy atom. The van der Waals surface area contributed by atoms with Crippen molar-refractivity contribution >= 4 is 17.2 Å². The van der Waals surface area contributed by atoms with E-state index in [1.807, 2.05) is 11.6 Å². The molecule has 1 N–H and O–H groups in total. The zero-order valence-corrected chi connectivity index (χ0v) is 18.0. The Hall–Kier alpha value is -1.66. The monoisotopic (exact) mass is 388 g/mol. The molecule has 0 bridgehead atoms. The SMILES string of the molecule is Cc1c(C(=O)NCC(c2cccs2)N2CCC(C)CC2)cnn1C(C)(C)C. The van der Waals surface area contributed by atoms with Crippen LogP contribution in [0.3, 0.4) is 0 Å². The molecule has 1 aliphatic rings. The molecular formula is C21H32N4OS. The minimum Gasteiger partial charge on any atom is -0.350 e. The van der Waals surface area contributed by atoms with E-state index in [-0.39, 0.29) is 17.5 Å². The van der Waals surface area contributed by atoms with E-state index >= 15 is 0 Å². The summed E-state index contributed by atoms with van der Waals surface area (Å²) in [4.78, 5) is 16.7. The van der Waals surface area contributed by atoms with Crippen molar-refractivity contribution in [3.05, 3.63) is 39.8 Å². The molecule has 0 spiro atoms. The Balaban J connectivity index is 1.70. The molecule has 1 atom stereocenters. The van der Waals surface area contributed by atoms with Gasteiger partial charge in [0, 0.05) is 17.1 Å². The van der Waals surface area contributed by atoms with E-state index < -0.39 is 0 Å². The van der Waals surface area contributed by atoms with Gasteiger partial charge in [0.25, 0.3) is 5.91 Å². The number of carbonyl (C=O) groups excluding carboxylic acids is 1. The number of hydrogen-bond acceptors (Lipinski definition) is 4. The summed E-state index contributed by atoms with van der Waals surface area (Å²) in [5, 5.41) is 9.72. The average molecular weight is 389 g/mol. The highest BCUT2D eigenvalue weighted by atomic mass is 32.1. The van der Waals surface area contributed by atoms with Gasteiger partial charge in [0.05, 0.1) is 23.3 Å². The van der Waals surface area contributed by atoms with Crippen molar-refractivity contribution in [3.63, 3.8) is 0 Å². The number of carbonyl (C=O) groups is 1. The summed E-state index contributed by atoms with van der Waals surface area (Å²) in [6.07, 6.45) is 4.15. The highest BCUT2D eigenvalue weighted by Gasteiger charge is 2.27. The quantitative estimate of drug-likeness (QED) is 0.835. The Morgan fingerprint density at radius 3 is 2.63 bits per heavy atom. The van der Waals surface area contributed by atoms with Crippen molar-refractivity contribution in [3.8, 4) is 0 Å². The highest BCUT2D eigenvalue weighted by molar-refractivity contribution is 7.10. The summed E-state index contributed by atoms with van der Waals surface area (Å²) in [5.74, 6) is 0.764. The summed E-state index contributed by atoms with van der Waals surface area (Å²) < 4.78 is 1.92. The standard InChI is InChI=1S/C21H32N4OS/c1-15-8-10-24(11-9-15)18(19-7-6-12-27-19)14-22-20(26)17-13-23-25(16(17)2)21(3,4)5/h6-7,12-13,15,18H,8-11,14H2,1-5H3,(H,22,26). The van der Waals surface area contributed by atoms with Gasteiger partial charge in [-0.05, 0) is 71.0 Å². The summed E-state index contributed by atoms with van der Waals surface area (Å²) in [6.45, 7) is 13.4. The van der Waals surface area contributed by atoms with Gasteiger partial charge in [-0.25, -0.2) is 0 Å². The van der Waals surface area contributed by atoms with Gasteiger partial charge in [0.1, 0.15) is 0 Å². The smallest absolute Gasteiger partial charge is 0.254 e. The molecule has 5 nitrogen and oxygen atoms in total. The molecule has 0 aliphatic carbocycles. The molecule has 1 aliphatic heterocycles. The lowest BCUT2D eigenvalue weighted by Crippen LogP contribution is -2.41. The van der Waals surface area contributed by atoms with Crippen LogP contribution in [0.4, 0.5) is 0 Å². The Bertz CT molecular complexity index is 752. The van der Waals surface area contributed by atoms with E-state index in [1.165, 1.54) is 17.7 Å². The maximum atomic E-state index is 12.8. The van der Waals surface area contributed by atoms with Crippen LogP contribution in [0.25, 0.3) is 0 Å². The molecule has 2 aromatic heterocycles. The molecular weight excluding hydrogens is 356 g/mol. The summed E-state index contributed by atoms with van der Waals surface area (Å²) in [7, 11) is 0. The topological polar surface area (TPSA) is 50.2 Å². The van der Waals surface area contributed by atoms with Gasteiger partial charge in [-0.15, -0.1) is 11.3 Å². The van der Waals surface area contributed by atoms with Crippen molar-refractivity contribution in [2.75, 3.05) is 19.6 Å². The molecule has 6 heteroatoms. The predicted octanol–water partition coefficient (Wildman–Crippen LogP) is 4.21. The molecule has 27 heavy (non-hydrogen) atoms. The van der Waals surface area contributed by atoms with Crippen molar-refractivity contribution < 1.29 is 4.79 Å². The first-order chi connectivity index (χ1) is 12.8. The first kappa shape index (κ1) is 20.1. The second kappa shape index (κ2) is 8.15. The lowest BCUT2D eigenvalue weighted by Gasteiger charge is -2.36. The Labute approximate surface area is 166 Å². The molecule has 2 aromatic rings. The molecule has 0 aromatic carbocycles. The van der Waals surface area contributed by atoms with E-state index in [0.29, 0.717) is 12.1 Å². The number of aromatic nitrogens is 2. The molecule has 1 saturated heterocycles. The van der Waals surface area contributed by atoms with Crippen LogP contribution >= 0.6 is 11.3 Å². The number of amides is 1. The first-order valence-corrected chi connectivity index (χ1v) is 10.8. The van der Waals surface area contributed by atoms with Gasteiger partial charge >= 0.3 is 0 Å². The largest absolute Gasteiger partial charge is 0.350 e. The van der Waals surface area contributed by atoms with Crippen LogP contribution in [-0.2, 0) is 5.54 Å². The summed E-state index contributed by atoms with van der Waals surface area (Å²) in [5.41, 5.74) is 1.45. The molecule has 0 radical (unpaired) electrons. The second-order valence-corrected chi connectivity index (χ2v) is 9.67. The van der Waals surface area contributed by atoms with Crippen LogP contribution < -0.4 is 5.32 Å². The van der Waals surface area contributed by atoms with Gasteiger partial charge in [0.2, 0.25) is 0 Å². The third-order valence-corrected chi connectivity index (χ3v) is 6.45. The van der Waals surface area contributed by atoms with Crippen LogP contribution in [0.1, 0.15) is 67.5 Å². The zero-order chi connectivity index (χ0) is 19.6. The van der Waals surface area contributed by atoms with Crippen LogP contribution in [0.5, 0.6) is 0 Å². The van der Waals surface area contributed by atoms with Crippen LogP contribution in [0, 0.1) is 12.8 Å². The van der Waals surface area contributed by atoms with E-state index in [1.54, 1.807) is 17.5 Å². The van der Waals surface area contributed by atoms with Crippen LogP contribution in [0.15, 0.2) is 23.7 Å². The maximum Gasteiger partial charge on any atom is 0.254 e. The maximum absolute atomic E-state index is 12.8. The fourth-order valence-electron chi connectivity index (χ4n) is 3.82. The number of piperidine rings is 1. The fraction of sp³-hybridized carbons (Fsp3) is 0.619. The van der Waals surface area contributed by atoms with E-state index in [4.69, 9.17) is 0 Å². The molecule has 148 valence electrons. The van der Waals surface area contributed by atoms with Crippen molar-refractivity contribution in [1.29, 1.82) is 0 Å². The molecule has 1 fully saturated rings. The van der Waals surface area contributed by atoms with Gasteiger partial charge in [0.15, 0.2) is 0 Å².